The minimum Gasteiger partial charge on any atom is -0.392 e. The molecule has 1 saturated carbocycles. The highest BCUT2D eigenvalue weighted by Gasteiger charge is 2.48. The highest BCUT2D eigenvalue weighted by molar-refractivity contribution is 5.96. The number of hydrogen-bond donors (Lipinski definition) is 3. The Morgan fingerprint density at radius 1 is 1.38 bits per heavy atom. The minimum atomic E-state index is -0.404. The molecule has 2 atom stereocenters. The first-order valence-corrected chi connectivity index (χ1v) is 7.00. The number of carbonyl (C=O) groups excluding carboxylic acids is 1. The molecule has 5 heteroatoms. The summed E-state index contributed by atoms with van der Waals surface area (Å²) in [5, 5.41) is 13.9. The molecule has 1 aliphatic rings. The lowest BCUT2D eigenvalue weighted by Crippen LogP contribution is -2.61. The predicted molar refractivity (Wildman–Crippen MR) is 80.2 cm³/mol. The van der Waals surface area contributed by atoms with Gasteiger partial charge >= 0.3 is 0 Å². The molecule has 1 amide bonds. The normalized spacial score (nSPS) is 23.6. The van der Waals surface area contributed by atoms with Gasteiger partial charge in [-0.2, -0.15) is 0 Å². The minimum absolute atomic E-state index is 0.0880. The molecule has 2 aromatic rings. The number of amides is 1. The molecule has 1 heterocycles. The van der Waals surface area contributed by atoms with Crippen molar-refractivity contribution in [1.82, 2.24) is 10.3 Å². The summed E-state index contributed by atoms with van der Waals surface area (Å²) >= 11 is 0. The average molecular weight is 286 g/mol. The maximum absolute atomic E-state index is 12.3. The Kier molecular flexibility index (Phi) is 3.10. The maximum atomic E-state index is 12.3. The third-order valence-electron chi connectivity index (χ3n) is 4.52. The molecule has 1 fully saturated rings. The lowest BCUT2D eigenvalue weighted by atomic mass is 9.64. The van der Waals surface area contributed by atoms with Crippen molar-refractivity contribution in [3.63, 3.8) is 0 Å². The molecular formula is C16H18N2O3. The fraction of sp³-hybridized carbons (Fsp3) is 0.375. The molecule has 1 aromatic carbocycles. The Morgan fingerprint density at radius 3 is 2.76 bits per heavy atom. The Morgan fingerprint density at radius 2 is 2.10 bits per heavy atom. The molecule has 1 aliphatic carbocycles. The van der Waals surface area contributed by atoms with Crippen LogP contribution in [-0.2, 0) is 0 Å². The van der Waals surface area contributed by atoms with Crippen LogP contribution in [0.25, 0.3) is 10.8 Å². The van der Waals surface area contributed by atoms with Gasteiger partial charge in [-0.3, -0.25) is 9.59 Å². The number of rotatable bonds is 2. The van der Waals surface area contributed by atoms with Crippen molar-refractivity contribution < 1.29 is 9.90 Å². The number of H-pyrrole nitrogens is 1. The molecule has 0 spiro atoms. The van der Waals surface area contributed by atoms with Gasteiger partial charge in [0.05, 0.1) is 6.10 Å². The van der Waals surface area contributed by atoms with Crippen molar-refractivity contribution in [2.75, 3.05) is 0 Å². The fourth-order valence-electron chi connectivity index (χ4n) is 2.72. The van der Waals surface area contributed by atoms with Crippen LogP contribution in [0.1, 0.15) is 30.8 Å². The zero-order valence-corrected chi connectivity index (χ0v) is 12.0. The number of hydrogen-bond acceptors (Lipinski definition) is 3. The third-order valence-corrected chi connectivity index (χ3v) is 4.52. The summed E-state index contributed by atoms with van der Waals surface area (Å²) in [6.07, 6.45) is 0.134. The van der Waals surface area contributed by atoms with Crippen molar-refractivity contribution >= 4 is 16.7 Å². The van der Waals surface area contributed by atoms with Crippen molar-refractivity contribution in [3.8, 4) is 0 Å². The zero-order chi connectivity index (χ0) is 15.2. The number of fused-ring (bicyclic) bond motifs is 1. The number of aliphatic hydroxyl groups excluding tert-OH is 1. The lowest BCUT2D eigenvalue weighted by Gasteiger charge is -2.49. The summed E-state index contributed by atoms with van der Waals surface area (Å²) in [6.45, 7) is 3.82. The van der Waals surface area contributed by atoms with E-state index in [4.69, 9.17) is 0 Å². The van der Waals surface area contributed by atoms with Crippen molar-refractivity contribution in [1.29, 1.82) is 0 Å². The Labute approximate surface area is 122 Å². The monoisotopic (exact) mass is 286 g/mol. The first-order valence-electron chi connectivity index (χ1n) is 7.00. The quantitative estimate of drug-likeness (QED) is 0.781. The first-order chi connectivity index (χ1) is 9.89. The number of aromatic nitrogens is 1. The maximum Gasteiger partial charge on any atom is 0.268 e. The van der Waals surface area contributed by atoms with Gasteiger partial charge in [-0.05, 0) is 23.9 Å². The van der Waals surface area contributed by atoms with Crippen LogP contribution in [0.2, 0.25) is 0 Å². The van der Waals surface area contributed by atoms with E-state index < -0.39 is 6.10 Å². The summed E-state index contributed by atoms with van der Waals surface area (Å²) in [4.78, 5) is 26.9. The number of aromatic amines is 1. The fourth-order valence-corrected chi connectivity index (χ4v) is 2.72. The Bertz CT molecular complexity index is 763. The van der Waals surface area contributed by atoms with Crippen LogP contribution in [0.5, 0.6) is 0 Å². The first kappa shape index (κ1) is 13.8. The van der Waals surface area contributed by atoms with Gasteiger partial charge in [-0.1, -0.05) is 32.0 Å². The Hall–Kier alpha value is -2.14. The standard InChI is InChI=1S/C16H18N2O3/c1-16(2)12(8-13(16)19)18-15(21)11-7-9-5-3-4-6-10(9)14(20)17-11/h3-7,12-13,19H,8H2,1-2H3,(H,17,20)(H,18,21). The van der Waals surface area contributed by atoms with E-state index in [1.807, 2.05) is 19.9 Å². The molecule has 2 unspecified atom stereocenters. The second-order valence-corrected chi connectivity index (χ2v) is 6.20. The number of benzene rings is 1. The average Bonchev–Trinajstić information content (AvgIpc) is 2.46. The van der Waals surface area contributed by atoms with Crippen LogP contribution < -0.4 is 10.9 Å². The van der Waals surface area contributed by atoms with Crippen molar-refractivity contribution in [3.05, 3.63) is 46.4 Å². The van der Waals surface area contributed by atoms with Gasteiger partial charge in [0.25, 0.3) is 11.5 Å². The van der Waals surface area contributed by atoms with E-state index in [-0.39, 0.29) is 28.6 Å². The molecule has 21 heavy (non-hydrogen) atoms. The topological polar surface area (TPSA) is 82.2 Å². The number of aliphatic hydroxyl groups is 1. The number of carbonyl (C=O) groups is 1. The van der Waals surface area contributed by atoms with E-state index in [1.165, 1.54) is 0 Å². The summed E-state index contributed by atoms with van der Waals surface area (Å²) in [6, 6.07) is 8.73. The molecule has 3 N–H and O–H groups in total. The van der Waals surface area contributed by atoms with Gasteiger partial charge in [-0.15, -0.1) is 0 Å². The Balaban J connectivity index is 1.87. The lowest BCUT2D eigenvalue weighted by molar-refractivity contribution is -0.0690. The van der Waals surface area contributed by atoms with Gasteiger partial charge in [0, 0.05) is 16.8 Å². The molecule has 0 bridgehead atoms. The molecule has 110 valence electrons. The smallest absolute Gasteiger partial charge is 0.268 e. The van der Waals surface area contributed by atoms with Gasteiger partial charge < -0.3 is 15.4 Å². The largest absolute Gasteiger partial charge is 0.392 e. The number of pyridine rings is 1. The van der Waals surface area contributed by atoms with Crippen LogP contribution in [-0.4, -0.2) is 28.1 Å². The molecular weight excluding hydrogens is 268 g/mol. The SMILES string of the molecule is CC1(C)C(O)CC1NC(=O)c1cc2ccccc2c(=O)[nH]1. The van der Waals surface area contributed by atoms with E-state index in [9.17, 15) is 14.7 Å². The van der Waals surface area contributed by atoms with E-state index >= 15 is 0 Å². The number of nitrogens with one attached hydrogen (secondary N) is 2. The molecule has 0 radical (unpaired) electrons. The van der Waals surface area contributed by atoms with Crippen LogP contribution in [0.4, 0.5) is 0 Å². The summed E-state index contributed by atoms with van der Waals surface area (Å²) in [5.41, 5.74) is -0.366. The van der Waals surface area contributed by atoms with Crippen LogP contribution in [0.15, 0.2) is 35.1 Å². The van der Waals surface area contributed by atoms with Crippen molar-refractivity contribution in [2.24, 2.45) is 5.41 Å². The van der Waals surface area contributed by atoms with Crippen LogP contribution in [0.3, 0.4) is 0 Å². The second kappa shape index (κ2) is 4.70. The second-order valence-electron chi connectivity index (χ2n) is 6.20. The van der Waals surface area contributed by atoms with E-state index in [2.05, 4.69) is 10.3 Å². The van der Waals surface area contributed by atoms with E-state index in [1.54, 1.807) is 24.3 Å². The summed E-state index contributed by atoms with van der Waals surface area (Å²) in [7, 11) is 0. The van der Waals surface area contributed by atoms with Crippen molar-refractivity contribution in [2.45, 2.75) is 32.4 Å². The van der Waals surface area contributed by atoms with Gasteiger partial charge in [0.1, 0.15) is 5.69 Å². The summed E-state index contributed by atoms with van der Waals surface area (Å²) < 4.78 is 0. The van der Waals surface area contributed by atoms with Crippen LogP contribution in [0, 0.1) is 5.41 Å². The van der Waals surface area contributed by atoms with E-state index in [0.717, 1.165) is 5.39 Å². The molecule has 1 aromatic heterocycles. The van der Waals surface area contributed by atoms with Gasteiger partial charge in [0.2, 0.25) is 0 Å². The van der Waals surface area contributed by atoms with E-state index in [0.29, 0.717) is 11.8 Å². The predicted octanol–water partition coefficient (Wildman–Crippen LogP) is 1.42. The summed E-state index contributed by atoms with van der Waals surface area (Å²) in [5.74, 6) is -0.317. The zero-order valence-electron chi connectivity index (χ0n) is 12.0. The molecule has 0 aliphatic heterocycles. The highest BCUT2D eigenvalue weighted by atomic mass is 16.3. The van der Waals surface area contributed by atoms with Gasteiger partial charge in [-0.25, -0.2) is 0 Å². The van der Waals surface area contributed by atoms with Gasteiger partial charge in [0.15, 0.2) is 0 Å². The highest BCUT2D eigenvalue weighted by Crippen LogP contribution is 2.40. The van der Waals surface area contributed by atoms with Crippen LogP contribution >= 0.6 is 0 Å². The molecule has 5 nitrogen and oxygen atoms in total. The third kappa shape index (κ3) is 2.23. The molecule has 3 rings (SSSR count). The molecule has 0 saturated heterocycles.